The summed E-state index contributed by atoms with van der Waals surface area (Å²) in [6.07, 6.45) is -1.27. The highest BCUT2D eigenvalue weighted by Crippen LogP contribution is 2.35. The van der Waals surface area contributed by atoms with E-state index in [2.05, 4.69) is 30.8 Å². The molecule has 3 N–H and O–H groups in total. The zero-order valence-electron chi connectivity index (χ0n) is 30.8. The molecule has 57 heavy (non-hydrogen) atoms. The Kier molecular flexibility index (Phi) is 10.6. The third kappa shape index (κ3) is 8.53. The van der Waals surface area contributed by atoms with E-state index in [0.29, 0.717) is 29.7 Å². The number of nitrogens with zero attached hydrogens (tertiary/aromatic N) is 6. The number of piperidine rings is 1. The number of urea groups is 1. The van der Waals surface area contributed by atoms with Crippen LogP contribution >= 0.6 is 0 Å². The first kappa shape index (κ1) is 39.2. The lowest BCUT2D eigenvalue weighted by Gasteiger charge is -2.32. The van der Waals surface area contributed by atoms with E-state index in [9.17, 15) is 40.8 Å². The maximum atomic E-state index is 13.9. The van der Waals surface area contributed by atoms with Gasteiger partial charge in [0.25, 0.3) is 11.8 Å². The van der Waals surface area contributed by atoms with Crippen molar-refractivity contribution in [2.75, 3.05) is 47.9 Å². The summed E-state index contributed by atoms with van der Waals surface area (Å²) in [4.78, 5) is 60.4. The molecule has 298 valence electrons. The molecule has 0 saturated carbocycles. The van der Waals surface area contributed by atoms with Crippen LogP contribution < -0.4 is 20.3 Å². The second-order valence-corrected chi connectivity index (χ2v) is 16.0. The van der Waals surface area contributed by atoms with Crippen LogP contribution in [-0.2, 0) is 34.1 Å². The van der Waals surface area contributed by atoms with Crippen LogP contribution in [0.3, 0.4) is 0 Å². The van der Waals surface area contributed by atoms with Crippen molar-refractivity contribution in [3.63, 3.8) is 0 Å². The number of carbonyl (C=O) groups is 4. The minimum atomic E-state index is -4.73. The molecule has 7 rings (SSSR count). The van der Waals surface area contributed by atoms with Crippen LogP contribution in [0.25, 0.3) is 0 Å². The van der Waals surface area contributed by atoms with E-state index >= 15 is 0 Å². The predicted molar refractivity (Wildman–Crippen MR) is 203 cm³/mol. The summed E-state index contributed by atoms with van der Waals surface area (Å²) in [7, 11) is -2.15. The summed E-state index contributed by atoms with van der Waals surface area (Å²) in [6.45, 7) is 1.97. The van der Waals surface area contributed by atoms with Crippen LogP contribution in [0, 0.1) is 0 Å². The molecule has 4 heterocycles. The number of hydrogen-bond donors (Lipinski definition) is 3. The third-order valence-electron chi connectivity index (χ3n) is 10.2. The minimum Gasteiger partial charge on any atom is -0.365 e. The number of sulfonamides is 1. The number of hydrogen-bond acceptors (Lipinski definition) is 11. The van der Waals surface area contributed by atoms with Gasteiger partial charge in [0.1, 0.15) is 11.4 Å². The Hall–Kier alpha value is -6.08. The van der Waals surface area contributed by atoms with Gasteiger partial charge in [-0.2, -0.15) is 23.2 Å². The number of rotatable bonds is 11. The summed E-state index contributed by atoms with van der Waals surface area (Å²) in [5.74, 6) is -1.91. The van der Waals surface area contributed by atoms with E-state index < -0.39 is 51.3 Å². The number of hydrazine groups is 1. The van der Waals surface area contributed by atoms with E-state index in [4.69, 9.17) is 0 Å². The summed E-state index contributed by atoms with van der Waals surface area (Å²) in [5.41, 5.74) is 2.80. The summed E-state index contributed by atoms with van der Waals surface area (Å²) in [5, 5.41) is 9.60. The Morgan fingerprint density at radius 1 is 0.912 bits per heavy atom. The van der Waals surface area contributed by atoms with Gasteiger partial charge in [0.2, 0.25) is 21.9 Å². The van der Waals surface area contributed by atoms with Gasteiger partial charge in [-0.15, -0.1) is 0 Å². The number of anilines is 4. The van der Waals surface area contributed by atoms with E-state index in [1.807, 2.05) is 24.3 Å². The molecular formula is C38H38F3N9O6S. The van der Waals surface area contributed by atoms with Crippen LogP contribution in [-0.4, -0.2) is 90.0 Å². The van der Waals surface area contributed by atoms with Crippen LogP contribution in [0.1, 0.15) is 68.2 Å². The smallest absolute Gasteiger partial charge is 0.365 e. The number of halogens is 3. The molecular weight excluding hydrogens is 768 g/mol. The lowest BCUT2D eigenvalue weighted by Crippen LogP contribution is -2.58. The fraction of sp³-hybridized carbons (Fsp3) is 0.316. The van der Waals surface area contributed by atoms with Crippen LogP contribution in [0.15, 0.2) is 72.9 Å². The van der Waals surface area contributed by atoms with E-state index in [-0.39, 0.29) is 42.5 Å². The second kappa shape index (κ2) is 15.5. The van der Waals surface area contributed by atoms with Crippen molar-refractivity contribution in [1.82, 2.24) is 30.2 Å². The minimum absolute atomic E-state index is 0.0200. The number of imide groups is 2. The van der Waals surface area contributed by atoms with Gasteiger partial charge in [-0.25, -0.2) is 23.2 Å². The molecule has 5 amide bonds. The van der Waals surface area contributed by atoms with Gasteiger partial charge in [-0.3, -0.25) is 28.9 Å². The zero-order valence-corrected chi connectivity index (χ0v) is 31.7. The first-order chi connectivity index (χ1) is 27.0. The fourth-order valence-electron chi connectivity index (χ4n) is 7.01. The van der Waals surface area contributed by atoms with Crippen molar-refractivity contribution >= 4 is 56.9 Å². The molecule has 4 aromatic rings. The molecule has 0 radical (unpaired) electrons. The standard InChI is InChI=1S/C38H38F3N9O6S/c1-47(57(2,55)56)28-5-3-4-23(18-28)20-42-33-31(38(39,40)41)21-43-36(46-33)44-27-9-7-25(8-10-27)26-12-15-48(16-13-26)22-24-6-11-29-30(19-24)35(53)50(34(29)52)49-17-14-32(51)45-37(49)54/h3-11,18-19,21,26H,12-17,20,22H2,1-2H3,(H,45,51,54)(H2,42,43,44,46). The lowest BCUT2D eigenvalue weighted by atomic mass is 9.89. The average Bonchev–Trinajstić information content (AvgIpc) is 3.41. The number of alkyl halides is 3. The molecule has 0 aliphatic carbocycles. The number of aromatic nitrogens is 2. The van der Waals surface area contributed by atoms with Crippen molar-refractivity contribution in [1.29, 1.82) is 0 Å². The average molecular weight is 806 g/mol. The number of benzene rings is 3. The highest BCUT2D eigenvalue weighted by molar-refractivity contribution is 7.92. The van der Waals surface area contributed by atoms with Crippen molar-refractivity contribution in [3.05, 3.63) is 106 Å². The highest BCUT2D eigenvalue weighted by Gasteiger charge is 2.43. The summed E-state index contributed by atoms with van der Waals surface area (Å²) < 4.78 is 66.7. The van der Waals surface area contributed by atoms with Crippen LogP contribution in [0.2, 0.25) is 0 Å². The number of fused-ring (bicyclic) bond motifs is 1. The van der Waals surface area contributed by atoms with Crippen LogP contribution in [0.5, 0.6) is 0 Å². The molecule has 3 aliphatic heterocycles. The molecule has 1 aromatic heterocycles. The van der Waals surface area contributed by atoms with E-state index in [1.165, 1.54) is 7.05 Å². The molecule has 3 aliphatic rings. The van der Waals surface area contributed by atoms with Crippen molar-refractivity contribution in [2.24, 2.45) is 0 Å². The van der Waals surface area contributed by atoms with Gasteiger partial charge >= 0.3 is 12.2 Å². The molecule has 0 spiro atoms. The topological polar surface area (TPSA) is 177 Å². The molecule has 0 atom stereocenters. The van der Waals surface area contributed by atoms with Crippen molar-refractivity contribution in [2.45, 2.75) is 44.4 Å². The first-order valence-electron chi connectivity index (χ1n) is 18.0. The Labute approximate surface area is 325 Å². The maximum absolute atomic E-state index is 13.9. The van der Waals surface area contributed by atoms with E-state index in [0.717, 1.165) is 57.6 Å². The predicted octanol–water partition coefficient (Wildman–Crippen LogP) is 5.08. The molecule has 0 bridgehead atoms. The van der Waals surface area contributed by atoms with Crippen LogP contribution in [0.4, 0.5) is 41.1 Å². The number of amides is 5. The Morgan fingerprint density at radius 2 is 1.63 bits per heavy atom. The van der Waals surface area contributed by atoms with Crippen molar-refractivity contribution in [3.8, 4) is 0 Å². The second-order valence-electron chi connectivity index (χ2n) is 14.0. The van der Waals surface area contributed by atoms with E-state index in [1.54, 1.807) is 42.5 Å². The summed E-state index contributed by atoms with van der Waals surface area (Å²) in [6, 6.07) is 18.2. The molecule has 19 heteroatoms. The quantitative estimate of drug-likeness (QED) is 0.172. The van der Waals surface area contributed by atoms with Gasteiger partial charge < -0.3 is 10.6 Å². The van der Waals surface area contributed by atoms with Gasteiger partial charge in [0.15, 0.2) is 0 Å². The van der Waals surface area contributed by atoms with Gasteiger partial charge in [-0.1, -0.05) is 30.3 Å². The Morgan fingerprint density at radius 3 is 2.32 bits per heavy atom. The molecule has 15 nitrogen and oxygen atoms in total. The number of likely N-dealkylation sites (tertiary alicyclic amines) is 1. The molecule has 0 unspecified atom stereocenters. The molecule has 2 fully saturated rings. The number of nitrogens with one attached hydrogen (secondary N) is 3. The fourth-order valence-corrected chi connectivity index (χ4v) is 7.51. The van der Waals surface area contributed by atoms with Crippen molar-refractivity contribution < 1.29 is 40.8 Å². The highest BCUT2D eigenvalue weighted by atomic mass is 32.2. The zero-order chi connectivity index (χ0) is 40.6. The normalized spacial score (nSPS) is 16.8. The van der Waals surface area contributed by atoms with Gasteiger partial charge in [0, 0.05) is 38.4 Å². The lowest BCUT2D eigenvalue weighted by molar-refractivity contribution is -0.137. The Bertz CT molecular complexity index is 2350. The van der Waals surface area contributed by atoms with Gasteiger partial charge in [0.05, 0.1) is 29.6 Å². The SMILES string of the molecule is CN(c1cccc(CNc2nc(Nc3ccc(C4CCN(Cc5ccc6c(c5)C(=O)N(N5CCC(=O)NC5=O)C6=O)CC4)cc3)ncc2C(F)(F)F)c1)S(C)(=O)=O. The Balaban J connectivity index is 0.947. The molecule has 2 saturated heterocycles. The monoisotopic (exact) mass is 805 g/mol. The first-order valence-corrected chi connectivity index (χ1v) is 19.8. The summed E-state index contributed by atoms with van der Waals surface area (Å²) >= 11 is 0. The van der Waals surface area contributed by atoms with Gasteiger partial charge in [-0.05, 0) is 84.9 Å². The largest absolute Gasteiger partial charge is 0.421 e. The third-order valence-corrected chi connectivity index (χ3v) is 11.4. The molecule has 3 aromatic carbocycles. The number of carbonyl (C=O) groups excluding carboxylic acids is 4. The maximum Gasteiger partial charge on any atom is 0.421 e.